The molecule has 0 aliphatic carbocycles. The Bertz CT molecular complexity index is 216. The molecule has 0 saturated carbocycles. The van der Waals surface area contributed by atoms with E-state index in [0.29, 0.717) is 12.1 Å². The van der Waals surface area contributed by atoms with Crippen LogP contribution in [-0.2, 0) is 4.79 Å². The summed E-state index contributed by atoms with van der Waals surface area (Å²) < 4.78 is 0. The maximum atomic E-state index is 10.7. The average Bonchev–Trinajstić information content (AvgIpc) is 2.08. The third kappa shape index (κ3) is 8.18. The Balaban J connectivity index is 3.40. The van der Waals surface area contributed by atoms with Gasteiger partial charge in [-0.05, 0) is 33.6 Å². The first-order valence-electron chi connectivity index (χ1n) is 5.49. The van der Waals surface area contributed by atoms with Crippen molar-refractivity contribution in [3.63, 3.8) is 0 Å². The molecule has 0 unspecified atom stereocenters. The molecule has 88 valence electrons. The van der Waals surface area contributed by atoms with Crippen molar-refractivity contribution >= 4 is 5.78 Å². The number of hydrogen-bond acceptors (Lipinski definition) is 3. The SMILES string of the molecule is C=C(NCCCCCC(C)=O)C(C)(C)O. The van der Waals surface area contributed by atoms with E-state index < -0.39 is 5.60 Å². The van der Waals surface area contributed by atoms with Crippen molar-refractivity contribution in [1.82, 2.24) is 5.32 Å². The van der Waals surface area contributed by atoms with E-state index in [-0.39, 0.29) is 5.78 Å². The van der Waals surface area contributed by atoms with Gasteiger partial charge < -0.3 is 15.2 Å². The number of aliphatic hydroxyl groups is 1. The first-order valence-corrected chi connectivity index (χ1v) is 5.49. The lowest BCUT2D eigenvalue weighted by Crippen LogP contribution is -2.31. The summed E-state index contributed by atoms with van der Waals surface area (Å²) in [5, 5.41) is 12.6. The quantitative estimate of drug-likeness (QED) is 0.606. The molecule has 0 heterocycles. The van der Waals surface area contributed by atoms with E-state index in [9.17, 15) is 9.90 Å². The molecule has 0 fully saturated rings. The predicted molar refractivity (Wildman–Crippen MR) is 62.6 cm³/mol. The van der Waals surface area contributed by atoms with Crippen molar-refractivity contribution in [2.24, 2.45) is 0 Å². The van der Waals surface area contributed by atoms with Crippen LogP contribution in [0.1, 0.15) is 46.5 Å². The monoisotopic (exact) mass is 213 g/mol. The molecule has 3 heteroatoms. The van der Waals surface area contributed by atoms with Gasteiger partial charge in [0.1, 0.15) is 5.78 Å². The van der Waals surface area contributed by atoms with E-state index in [4.69, 9.17) is 0 Å². The maximum Gasteiger partial charge on any atom is 0.129 e. The Kier molecular flexibility index (Phi) is 6.25. The molecule has 0 spiro atoms. The average molecular weight is 213 g/mol. The van der Waals surface area contributed by atoms with Gasteiger partial charge in [-0.1, -0.05) is 13.0 Å². The zero-order valence-corrected chi connectivity index (χ0v) is 10.1. The first-order chi connectivity index (χ1) is 6.84. The third-order valence-electron chi connectivity index (χ3n) is 2.28. The first kappa shape index (κ1) is 14.2. The van der Waals surface area contributed by atoms with Crippen LogP contribution in [0.4, 0.5) is 0 Å². The summed E-state index contributed by atoms with van der Waals surface area (Å²) in [6, 6.07) is 0. The number of hydrogen-bond donors (Lipinski definition) is 2. The van der Waals surface area contributed by atoms with Crippen LogP contribution in [0.2, 0.25) is 0 Å². The number of Topliss-reactive ketones (excluding diaryl/α,β-unsaturated/α-hetero) is 1. The summed E-state index contributed by atoms with van der Waals surface area (Å²) in [6.45, 7) is 9.60. The number of rotatable bonds is 8. The van der Waals surface area contributed by atoms with Crippen LogP contribution < -0.4 is 5.32 Å². The molecule has 0 bridgehead atoms. The summed E-state index contributed by atoms with van der Waals surface area (Å²) in [7, 11) is 0. The van der Waals surface area contributed by atoms with Crippen molar-refractivity contribution in [3.05, 3.63) is 12.3 Å². The fourth-order valence-electron chi connectivity index (χ4n) is 1.13. The van der Waals surface area contributed by atoms with Gasteiger partial charge in [0.25, 0.3) is 0 Å². The topological polar surface area (TPSA) is 49.3 Å². The summed E-state index contributed by atoms with van der Waals surface area (Å²) in [5.74, 6) is 0.254. The lowest BCUT2D eigenvalue weighted by atomic mass is 10.1. The molecule has 0 radical (unpaired) electrons. The molecule has 0 aromatic carbocycles. The van der Waals surface area contributed by atoms with Gasteiger partial charge >= 0.3 is 0 Å². The van der Waals surface area contributed by atoms with Crippen LogP contribution in [0.5, 0.6) is 0 Å². The third-order valence-corrected chi connectivity index (χ3v) is 2.28. The van der Waals surface area contributed by atoms with E-state index in [2.05, 4.69) is 11.9 Å². The second kappa shape index (κ2) is 6.62. The van der Waals surface area contributed by atoms with Crippen LogP contribution >= 0.6 is 0 Å². The Morgan fingerprint density at radius 2 is 1.93 bits per heavy atom. The smallest absolute Gasteiger partial charge is 0.129 e. The minimum Gasteiger partial charge on any atom is -0.386 e. The molecule has 0 aromatic rings. The summed E-state index contributed by atoms with van der Waals surface area (Å²) >= 11 is 0. The Morgan fingerprint density at radius 3 is 2.40 bits per heavy atom. The second-order valence-electron chi connectivity index (χ2n) is 4.48. The molecule has 0 atom stereocenters. The number of carbonyl (C=O) groups is 1. The lowest BCUT2D eigenvalue weighted by Gasteiger charge is -2.21. The highest BCUT2D eigenvalue weighted by atomic mass is 16.3. The zero-order valence-electron chi connectivity index (χ0n) is 10.1. The van der Waals surface area contributed by atoms with Gasteiger partial charge in [-0.15, -0.1) is 0 Å². The number of carbonyl (C=O) groups excluding carboxylic acids is 1. The molecule has 0 aliphatic rings. The van der Waals surface area contributed by atoms with E-state index in [1.807, 2.05) is 0 Å². The Morgan fingerprint density at radius 1 is 1.33 bits per heavy atom. The minimum atomic E-state index is -0.862. The Labute approximate surface area is 92.6 Å². The molecule has 15 heavy (non-hydrogen) atoms. The van der Waals surface area contributed by atoms with Crippen molar-refractivity contribution in [1.29, 1.82) is 0 Å². The van der Waals surface area contributed by atoms with Crippen LogP contribution in [0.15, 0.2) is 12.3 Å². The van der Waals surface area contributed by atoms with Gasteiger partial charge in [-0.25, -0.2) is 0 Å². The maximum absolute atomic E-state index is 10.7. The highest BCUT2D eigenvalue weighted by molar-refractivity contribution is 5.75. The van der Waals surface area contributed by atoms with E-state index >= 15 is 0 Å². The molecule has 0 rings (SSSR count). The molecular weight excluding hydrogens is 190 g/mol. The van der Waals surface area contributed by atoms with E-state index in [0.717, 1.165) is 25.8 Å². The van der Waals surface area contributed by atoms with Gasteiger partial charge in [0, 0.05) is 18.7 Å². The summed E-state index contributed by atoms with van der Waals surface area (Å²) in [6.07, 6.45) is 3.66. The molecule has 2 N–H and O–H groups in total. The largest absolute Gasteiger partial charge is 0.386 e. The number of nitrogens with one attached hydrogen (secondary N) is 1. The summed E-state index contributed by atoms with van der Waals surface area (Å²) in [4.78, 5) is 10.7. The highest BCUT2D eigenvalue weighted by Gasteiger charge is 2.15. The predicted octanol–water partition coefficient (Wildman–Crippen LogP) is 2.01. The molecular formula is C12H23NO2. The van der Waals surface area contributed by atoms with E-state index in [1.165, 1.54) is 0 Å². The lowest BCUT2D eigenvalue weighted by molar-refractivity contribution is -0.117. The number of unbranched alkanes of at least 4 members (excludes halogenated alkanes) is 2. The van der Waals surface area contributed by atoms with E-state index in [1.54, 1.807) is 20.8 Å². The standard InChI is InChI=1S/C12H23NO2/c1-10(14)8-6-5-7-9-13-11(2)12(3,4)15/h13,15H,2,5-9H2,1,3-4H3. The fraction of sp³-hybridized carbons (Fsp3) is 0.750. The molecule has 0 aromatic heterocycles. The van der Waals surface area contributed by atoms with Gasteiger partial charge in [0.15, 0.2) is 0 Å². The van der Waals surface area contributed by atoms with Gasteiger partial charge in [0.05, 0.1) is 5.60 Å². The fourth-order valence-corrected chi connectivity index (χ4v) is 1.13. The van der Waals surface area contributed by atoms with Crippen molar-refractivity contribution in [2.45, 2.75) is 52.1 Å². The van der Waals surface area contributed by atoms with Crippen molar-refractivity contribution in [2.75, 3.05) is 6.54 Å². The van der Waals surface area contributed by atoms with Crippen LogP contribution in [-0.4, -0.2) is 23.0 Å². The van der Waals surface area contributed by atoms with Crippen LogP contribution in [0, 0.1) is 0 Å². The van der Waals surface area contributed by atoms with Crippen molar-refractivity contribution in [3.8, 4) is 0 Å². The van der Waals surface area contributed by atoms with Gasteiger partial charge in [0.2, 0.25) is 0 Å². The molecule has 0 amide bonds. The minimum absolute atomic E-state index is 0.254. The second-order valence-corrected chi connectivity index (χ2v) is 4.48. The van der Waals surface area contributed by atoms with Crippen molar-refractivity contribution < 1.29 is 9.90 Å². The normalized spacial score (nSPS) is 11.2. The zero-order chi connectivity index (χ0) is 11.9. The molecule has 0 aliphatic heterocycles. The van der Waals surface area contributed by atoms with Gasteiger partial charge in [-0.2, -0.15) is 0 Å². The van der Waals surface area contributed by atoms with Crippen LogP contribution in [0.25, 0.3) is 0 Å². The van der Waals surface area contributed by atoms with Gasteiger partial charge in [-0.3, -0.25) is 0 Å². The summed E-state index contributed by atoms with van der Waals surface area (Å²) in [5.41, 5.74) is -0.214. The molecule has 3 nitrogen and oxygen atoms in total. The Hall–Kier alpha value is -0.830. The van der Waals surface area contributed by atoms with Crippen LogP contribution in [0.3, 0.4) is 0 Å². The highest BCUT2D eigenvalue weighted by Crippen LogP contribution is 2.09. The number of ketones is 1. The molecule has 0 saturated heterocycles.